The molecule has 0 spiro atoms. The van der Waals surface area contributed by atoms with E-state index in [9.17, 15) is 17.8 Å². The van der Waals surface area contributed by atoms with Gasteiger partial charge in [0.25, 0.3) is 10.1 Å². The number of carbonyl (C=O) groups excluding carboxylic acids is 1. The molecule has 5 atom stereocenters. The summed E-state index contributed by atoms with van der Waals surface area (Å²) in [6, 6.07) is 0.292. The van der Waals surface area contributed by atoms with Gasteiger partial charge >= 0.3 is 0 Å². The van der Waals surface area contributed by atoms with E-state index in [1.165, 1.54) is 0 Å². The van der Waals surface area contributed by atoms with E-state index in [0.717, 1.165) is 13.0 Å². The van der Waals surface area contributed by atoms with Crippen LogP contribution in [0.1, 0.15) is 33.1 Å². The molecule has 1 aliphatic heterocycles. The topological polar surface area (TPSA) is 92.7 Å². The Morgan fingerprint density at radius 3 is 2.67 bits per heavy atom. The van der Waals surface area contributed by atoms with Gasteiger partial charge in [-0.3, -0.25) is 9.35 Å². The molecule has 3 aliphatic rings. The fraction of sp³-hybridized carbons (Fsp3) is 0.929. The van der Waals surface area contributed by atoms with Crippen molar-refractivity contribution in [3.05, 3.63) is 0 Å². The van der Waals surface area contributed by atoms with Gasteiger partial charge in [-0.05, 0) is 25.7 Å². The van der Waals surface area contributed by atoms with Gasteiger partial charge in [0, 0.05) is 24.4 Å². The third kappa shape index (κ3) is 2.25. The molecule has 1 heterocycles. The summed E-state index contributed by atoms with van der Waals surface area (Å²) < 4.78 is 38.1. The molecular formula is C14H23NO5S. The second-order valence-corrected chi connectivity index (χ2v) is 8.59. The predicted octanol–water partition coefficient (Wildman–Crippen LogP) is 0.627. The molecule has 2 N–H and O–H groups in total. The highest BCUT2D eigenvalue weighted by molar-refractivity contribution is 7.85. The Balaban J connectivity index is 1.83. The van der Waals surface area contributed by atoms with Crippen LogP contribution in [-0.2, 0) is 19.6 Å². The maximum absolute atomic E-state index is 12.4. The lowest BCUT2D eigenvalue weighted by atomic mass is 9.69. The molecule has 0 amide bonds. The molecular weight excluding hydrogens is 294 g/mol. The Bertz CT molecular complexity index is 562. The standard InChI is InChI=1S/C14H23NO5S/c1-9-11(6-15-9)20-7-13(2)10-3-4-14(13,12(16)5-10)8-21(17,18)19/h9-11,15H,3-8H2,1-2H3,(H,17,18,19)/t9-,10-,11+,13?,14-/m0/s1. The van der Waals surface area contributed by atoms with Crippen LogP contribution in [0.2, 0.25) is 0 Å². The van der Waals surface area contributed by atoms with Crippen LogP contribution >= 0.6 is 0 Å². The van der Waals surface area contributed by atoms with Gasteiger partial charge in [-0.25, -0.2) is 0 Å². The molecule has 0 aromatic carbocycles. The van der Waals surface area contributed by atoms with E-state index >= 15 is 0 Å². The summed E-state index contributed by atoms with van der Waals surface area (Å²) in [5.41, 5.74) is -1.46. The summed E-state index contributed by atoms with van der Waals surface area (Å²) in [5.74, 6) is -0.328. The lowest BCUT2D eigenvalue weighted by Crippen LogP contribution is -2.58. The van der Waals surface area contributed by atoms with Gasteiger partial charge in [-0.15, -0.1) is 0 Å². The number of ketones is 1. The molecule has 6 nitrogen and oxygen atoms in total. The summed E-state index contributed by atoms with van der Waals surface area (Å²) in [6.07, 6.45) is 1.90. The van der Waals surface area contributed by atoms with Crippen LogP contribution < -0.4 is 5.32 Å². The fourth-order valence-corrected chi connectivity index (χ4v) is 5.70. The SMILES string of the molecule is C[C@@H]1NC[C@H]1OCC1(C)[C@H]2CC[C@]1(CS(=O)(=O)O)C(=O)C2. The average Bonchev–Trinajstić information content (AvgIpc) is 2.71. The van der Waals surface area contributed by atoms with Crippen LogP contribution in [0.25, 0.3) is 0 Å². The first-order valence-corrected chi connectivity index (χ1v) is 9.12. The second-order valence-electron chi connectivity index (χ2n) is 7.14. The zero-order chi connectivity index (χ0) is 15.5. The average molecular weight is 317 g/mol. The van der Waals surface area contributed by atoms with Gasteiger partial charge in [0.1, 0.15) is 5.78 Å². The molecule has 0 aromatic rings. The lowest BCUT2D eigenvalue weighted by molar-refractivity contribution is -0.132. The highest BCUT2D eigenvalue weighted by atomic mass is 32.2. The predicted molar refractivity (Wildman–Crippen MR) is 76.5 cm³/mol. The van der Waals surface area contributed by atoms with Crippen molar-refractivity contribution in [1.29, 1.82) is 0 Å². The van der Waals surface area contributed by atoms with Crippen LogP contribution in [0.5, 0.6) is 0 Å². The number of hydrogen-bond acceptors (Lipinski definition) is 5. The molecule has 1 saturated heterocycles. The van der Waals surface area contributed by atoms with Crippen molar-refractivity contribution in [3.63, 3.8) is 0 Å². The summed E-state index contributed by atoms with van der Waals surface area (Å²) in [7, 11) is -4.19. The highest BCUT2D eigenvalue weighted by Gasteiger charge is 2.67. The monoisotopic (exact) mass is 317 g/mol. The van der Waals surface area contributed by atoms with Crippen LogP contribution in [0, 0.1) is 16.7 Å². The highest BCUT2D eigenvalue weighted by Crippen LogP contribution is 2.64. The molecule has 2 aliphatic carbocycles. The number of fused-ring (bicyclic) bond motifs is 2. The number of Topliss-reactive ketones (excluding diaryl/α,β-unsaturated/α-hetero) is 1. The van der Waals surface area contributed by atoms with E-state index in [0.29, 0.717) is 25.5 Å². The smallest absolute Gasteiger partial charge is 0.265 e. The van der Waals surface area contributed by atoms with E-state index in [-0.39, 0.29) is 17.8 Å². The third-order valence-corrected chi connectivity index (χ3v) is 6.96. The van der Waals surface area contributed by atoms with Gasteiger partial charge in [-0.2, -0.15) is 8.42 Å². The summed E-state index contributed by atoms with van der Waals surface area (Å²) in [5, 5.41) is 3.21. The summed E-state index contributed by atoms with van der Waals surface area (Å²) >= 11 is 0. The Kier molecular flexibility index (Phi) is 3.48. The Hall–Kier alpha value is -0.500. The van der Waals surface area contributed by atoms with E-state index in [2.05, 4.69) is 5.32 Å². The third-order valence-electron chi connectivity index (χ3n) is 6.10. The van der Waals surface area contributed by atoms with Gasteiger partial charge < -0.3 is 10.1 Å². The number of carbonyl (C=O) groups is 1. The number of hydrogen-bond donors (Lipinski definition) is 2. The molecule has 0 aromatic heterocycles. The van der Waals surface area contributed by atoms with Crippen molar-refractivity contribution in [2.45, 2.75) is 45.3 Å². The molecule has 0 radical (unpaired) electrons. The largest absolute Gasteiger partial charge is 0.375 e. The van der Waals surface area contributed by atoms with Crippen LogP contribution in [0.15, 0.2) is 0 Å². The fourth-order valence-electron chi connectivity index (χ4n) is 4.44. The lowest BCUT2D eigenvalue weighted by Gasteiger charge is -2.42. The maximum atomic E-state index is 12.4. The molecule has 3 rings (SSSR count). The van der Waals surface area contributed by atoms with E-state index in [1.807, 2.05) is 13.8 Å². The van der Waals surface area contributed by atoms with Gasteiger partial charge in [0.15, 0.2) is 0 Å². The Labute approximate surface area is 125 Å². The number of ether oxygens (including phenoxy) is 1. The van der Waals surface area contributed by atoms with Gasteiger partial charge in [-0.1, -0.05) is 6.92 Å². The van der Waals surface area contributed by atoms with Gasteiger partial charge in [0.2, 0.25) is 0 Å². The summed E-state index contributed by atoms with van der Waals surface area (Å²) in [4.78, 5) is 12.4. The first-order chi connectivity index (χ1) is 9.68. The quantitative estimate of drug-likeness (QED) is 0.722. The van der Waals surface area contributed by atoms with Crippen molar-refractivity contribution in [2.24, 2.45) is 16.7 Å². The first-order valence-electron chi connectivity index (χ1n) is 7.51. The minimum Gasteiger partial charge on any atom is -0.375 e. The maximum Gasteiger partial charge on any atom is 0.265 e. The van der Waals surface area contributed by atoms with Crippen LogP contribution in [-0.4, -0.2) is 49.8 Å². The van der Waals surface area contributed by atoms with Gasteiger partial charge in [0.05, 0.1) is 23.9 Å². The minimum absolute atomic E-state index is 0.0257. The van der Waals surface area contributed by atoms with Crippen molar-refractivity contribution in [3.8, 4) is 0 Å². The Morgan fingerprint density at radius 1 is 1.48 bits per heavy atom. The molecule has 3 fully saturated rings. The zero-order valence-electron chi connectivity index (χ0n) is 12.5. The molecule has 2 bridgehead atoms. The van der Waals surface area contributed by atoms with Crippen molar-refractivity contribution >= 4 is 15.9 Å². The number of rotatable bonds is 5. The van der Waals surface area contributed by atoms with E-state index in [4.69, 9.17) is 4.74 Å². The number of nitrogens with one attached hydrogen (secondary N) is 1. The molecule has 7 heteroatoms. The zero-order valence-corrected chi connectivity index (χ0v) is 13.3. The van der Waals surface area contributed by atoms with Crippen LogP contribution in [0.4, 0.5) is 0 Å². The normalized spacial score (nSPS) is 45.9. The van der Waals surface area contributed by atoms with Crippen molar-refractivity contribution in [1.82, 2.24) is 5.32 Å². The Morgan fingerprint density at radius 2 is 2.19 bits per heavy atom. The minimum atomic E-state index is -4.19. The first kappa shape index (κ1) is 15.4. The van der Waals surface area contributed by atoms with Crippen molar-refractivity contribution < 1.29 is 22.5 Å². The molecule has 1 unspecified atom stereocenters. The van der Waals surface area contributed by atoms with Crippen molar-refractivity contribution in [2.75, 3.05) is 18.9 Å². The summed E-state index contributed by atoms with van der Waals surface area (Å²) in [6.45, 7) is 5.17. The molecule has 120 valence electrons. The van der Waals surface area contributed by atoms with E-state index in [1.54, 1.807) is 0 Å². The molecule has 21 heavy (non-hydrogen) atoms. The molecule has 2 saturated carbocycles. The second kappa shape index (κ2) is 4.75. The van der Waals surface area contributed by atoms with Crippen LogP contribution in [0.3, 0.4) is 0 Å². The van der Waals surface area contributed by atoms with E-state index < -0.39 is 26.7 Å².